The lowest BCUT2D eigenvalue weighted by atomic mass is 10.1. The Balaban J connectivity index is 3.07. The van der Waals surface area contributed by atoms with Crippen LogP contribution in [0.5, 0.6) is 11.5 Å². The molecule has 3 N–H and O–H groups in total. The predicted molar refractivity (Wildman–Crippen MR) is 55.1 cm³/mol. The normalized spacial score (nSPS) is 10.1. The number of phenolic OH excluding ortho intramolecular Hbond substituents is 1. The van der Waals surface area contributed by atoms with E-state index in [1.54, 1.807) is 6.07 Å². The molecule has 0 heterocycles. The van der Waals surface area contributed by atoms with Gasteiger partial charge in [-0.3, -0.25) is 0 Å². The summed E-state index contributed by atoms with van der Waals surface area (Å²) in [5.74, 6) is 0.598. The molecule has 0 saturated carbocycles. The van der Waals surface area contributed by atoms with Crippen LogP contribution in [0.1, 0.15) is 5.56 Å². The third-order valence-corrected chi connectivity index (χ3v) is 2.68. The van der Waals surface area contributed by atoms with Gasteiger partial charge in [-0.25, -0.2) is 0 Å². The summed E-state index contributed by atoms with van der Waals surface area (Å²) in [5, 5.41) is 9.59. The van der Waals surface area contributed by atoms with E-state index in [4.69, 9.17) is 10.5 Å². The van der Waals surface area contributed by atoms with Crippen molar-refractivity contribution in [1.29, 1.82) is 0 Å². The minimum atomic E-state index is 0.133. The van der Waals surface area contributed by atoms with E-state index in [9.17, 15) is 5.11 Å². The summed E-state index contributed by atoms with van der Waals surface area (Å²) < 4.78 is 5.61. The second-order valence-corrected chi connectivity index (χ2v) is 3.42. The van der Waals surface area contributed by atoms with Crippen molar-refractivity contribution in [3.63, 3.8) is 0 Å². The van der Waals surface area contributed by atoms with Crippen molar-refractivity contribution >= 4 is 15.9 Å². The van der Waals surface area contributed by atoms with E-state index >= 15 is 0 Å². The van der Waals surface area contributed by atoms with E-state index < -0.39 is 0 Å². The zero-order chi connectivity index (χ0) is 9.84. The predicted octanol–water partition coefficient (Wildman–Crippen LogP) is 1.66. The maximum Gasteiger partial charge on any atom is 0.172 e. The topological polar surface area (TPSA) is 55.5 Å². The van der Waals surface area contributed by atoms with Gasteiger partial charge in [-0.15, -0.1) is 0 Å². The lowest BCUT2D eigenvalue weighted by Crippen LogP contribution is -2.03. The van der Waals surface area contributed by atoms with Crippen molar-refractivity contribution in [1.82, 2.24) is 0 Å². The molecule has 0 atom stereocenters. The molecule has 0 bridgehead atoms. The van der Waals surface area contributed by atoms with Crippen LogP contribution >= 0.6 is 15.9 Å². The van der Waals surface area contributed by atoms with Crippen molar-refractivity contribution in [2.75, 3.05) is 13.7 Å². The highest BCUT2D eigenvalue weighted by atomic mass is 79.9. The largest absolute Gasteiger partial charge is 0.503 e. The number of hydrogen-bond acceptors (Lipinski definition) is 3. The number of hydrogen-bond donors (Lipinski definition) is 2. The smallest absolute Gasteiger partial charge is 0.172 e. The number of halogens is 1. The fourth-order valence-electron chi connectivity index (χ4n) is 1.10. The summed E-state index contributed by atoms with van der Waals surface area (Å²) in [6, 6.07) is 3.61. The molecular formula is C9H12BrNO2. The molecule has 4 heteroatoms. The number of methoxy groups -OCH3 is 1. The van der Waals surface area contributed by atoms with Crippen LogP contribution in [0.15, 0.2) is 16.6 Å². The number of benzene rings is 1. The van der Waals surface area contributed by atoms with Gasteiger partial charge in [0.25, 0.3) is 0 Å². The second kappa shape index (κ2) is 4.48. The van der Waals surface area contributed by atoms with Crippen LogP contribution < -0.4 is 10.5 Å². The van der Waals surface area contributed by atoms with Gasteiger partial charge in [0.2, 0.25) is 0 Å². The van der Waals surface area contributed by atoms with Gasteiger partial charge in [-0.2, -0.15) is 0 Å². The summed E-state index contributed by atoms with van der Waals surface area (Å²) in [5.41, 5.74) is 6.40. The molecule has 0 aromatic heterocycles. The van der Waals surface area contributed by atoms with Gasteiger partial charge in [0.15, 0.2) is 11.5 Å². The summed E-state index contributed by atoms with van der Waals surface area (Å²) in [4.78, 5) is 0. The van der Waals surface area contributed by atoms with Gasteiger partial charge >= 0.3 is 0 Å². The Labute approximate surface area is 85.6 Å². The molecule has 1 aromatic carbocycles. The molecule has 1 rings (SSSR count). The van der Waals surface area contributed by atoms with E-state index in [1.165, 1.54) is 7.11 Å². The summed E-state index contributed by atoms with van der Waals surface area (Å²) >= 11 is 3.29. The first-order chi connectivity index (χ1) is 6.20. The molecule has 3 nitrogen and oxygen atoms in total. The summed E-state index contributed by atoms with van der Waals surface area (Å²) in [7, 11) is 1.52. The number of ether oxygens (including phenoxy) is 1. The molecule has 13 heavy (non-hydrogen) atoms. The highest BCUT2D eigenvalue weighted by Crippen LogP contribution is 2.36. The molecule has 0 saturated heterocycles. The van der Waals surface area contributed by atoms with Crippen molar-refractivity contribution in [2.45, 2.75) is 6.42 Å². The lowest BCUT2D eigenvalue weighted by Gasteiger charge is -2.08. The molecule has 0 amide bonds. The van der Waals surface area contributed by atoms with Gasteiger partial charge in [0, 0.05) is 0 Å². The molecule has 0 spiro atoms. The number of rotatable bonds is 3. The van der Waals surface area contributed by atoms with E-state index in [2.05, 4.69) is 15.9 Å². The van der Waals surface area contributed by atoms with Crippen molar-refractivity contribution in [3.8, 4) is 11.5 Å². The van der Waals surface area contributed by atoms with Crippen LogP contribution in [0.3, 0.4) is 0 Å². The first-order valence-electron chi connectivity index (χ1n) is 3.95. The Morgan fingerprint density at radius 1 is 1.54 bits per heavy atom. The first kappa shape index (κ1) is 10.3. The Kier molecular flexibility index (Phi) is 3.57. The number of nitrogens with two attached hydrogens (primary N) is 1. The quantitative estimate of drug-likeness (QED) is 0.852. The first-order valence-corrected chi connectivity index (χ1v) is 4.74. The van der Waals surface area contributed by atoms with Crippen molar-refractivity contribution in [3.05, 3.63) is 22.2 Å². The molecule has 0 aliphatic rings. The summed E-state index contributed by atoms with van der Waals surface area (Å²) in [6.07, 6.45) is 0.734. The van der Waals surface area contributed by atoms with Crippen LogP contribution in [0.2, 0.25) is 0 Å². The highest BCUT2D eigenvalue weighted by Gasteiger charge is 2.09. The van der Waals surface area contributed by atoms with Gasteiger partial charge in [0.1, 0.15) is 0 Å². The fraction of sp³-hybridized carbons (Fsp3) is 0.333. The zero-order valence-electron chi connectivity index (χ0n) is 7.38. The summed E-state index contributed by atoms with van der Waals surface area (Å²) in [6.45, 7) is 0.560. The van der Waals surface area contributed by atoms with Gasteiger partial charge in [-0.1, -0.05) is 6.07 Å². The Morgan fingerprint density at radius 2 is 2.23 bits per heavy atom. The molecule has 0 radical (unpaired) electrons. The maximum absolute atomic E-state index is 9.59. The van der Waals surface area contributed by atoms with Crippen LogP contribution in [0.4, 0.5) is 0 Å². The average Bonchev–Trinajstić information content (AvgIpc) is 2.14. The van der Waals surface area contributed by atoms with Gasteiger partial charge in [-0.05, 0) is 40.5 Å². The van der Waals surface area contributed by atoms with Crippen molar-refractivity contribution in [2.24, 2.45) is 5.73 Å². The molecular weight excluding hydrogens is 234 g/mol. The Morgan fingerprint density at radius 3 is 2.77 bits per heavy atom. The van der Waals surface area contributed by atoms with Crippen LogP contribution in [0.25, 0.3) is 0 Å². The molecule has 0 unspecified atom stereocenters. The van der Waals surface area contributed by atoms with Crippen LogP contribution in [-0.4, -0.2) is 18.8 Å². The Hall–Kier alpha value is -0.740. The Bertz CT molecular complexity index is 302. The number of phenols is 1. The van der Waals surface area contributed by atoms with E-state index in [0.717, 1.165) is 12.0 Å². The van der Waals surface area contributed by atoms with Crippen LogP contribution in [0, 0.1) is 0 Å². The second-order valence-electron chi connectivity index (χ2n) is 2.63. The highest BCUT2D eigenvalue weighted by molar-refractivity contribution is 9.10. The van der Waals surface area contributed by atoms with Gasteiger partial charge < -0.3 is 15.6 Å². The molecule has 72 valence electrons. The van der Waals surface area contributed by atoms with E-state index in [0.29, 0.717) is 16.8 Å². The SMILES string of the molecule is COc1ccc(CCN)c(Br)c1O. The average molecular weight is 246 g/mol. The minimum absolute atomic E-state index is 0.133. The molecule has 0 aliphatic heterocycles. The molecule has 1 aromatic rings. The number of aromatic hydroxyl groups is 1. The monoisotopic (exact) mass is 245 g/mol. The molecule has 0 aliphatic carbocycles. The third-order valence-electron chi connectivity index (χ3n) is 1.79. The van der Waals surface area contributed by atoms with Gasteiger partial charge in [0.05, 0.1) is 11.6 Å². The molecule has 0 fully saturated rings. The fourth-order valence-corrected chi connectivity index (χ4v) is 1.63. The minimum Gasteiger partial charge on any atom is -0.503 e. The van der Waals surface area contributed by atoms with E-state index in [-0.39, 0.29) is 5.75 Å². The standard InChI is InChI=1S/C9H12BrNO2/c1-13-7-3-2-6(4-5-11)8(10)9(7)12/h2-3,12H,4-5,11H2,1H3. The van der Waals surface area contributed by atoms with E-state index in [1.807, 2.05) is 6.07 Å². The third kappa shape index (κ3) is 2.14. The van der Waals surface area contributed by atoms with Crippen molar-refractivity contribution < 1.29 is 9.84 Å². The lowest BCUT2D eigenvalue weighted by molar-refractivity contribution is 0.371. The zero-order valence-corrected chi connectivity index (χ0v) is 8.97. The maximum atomic E-state index is 9.59. The van der Waals surface area contributed by atoms with Crippen LogP contribution in [-0.2, 0) is 6.42 Å².